The van der Waals surface area contributed by atoms with Crippen molar-refractivity contribution in [1.82, 2.24) is 0 Å². The van der Waals surface area contributed by atoms with Gasteiger partial charge >= 0.3 is 0 Å². The molecule has 0 bridgehead atoms. The molecule has 4 nitrogen and oxygen atoms in total. The van der Waals surface area contributed by atoms with Crippen LogP contribution in [0.5, 0.6) is 0 Å². The molecule has 0 saturated heterocycles. The lowest BCUT2D eigenvalue weighted by Crippen LogP contribution is -2.32. The van der Waals surface area contributed by atoms with Gasteiger partial charge in [-0.05, 0) is 56.0 Å². The summed E-state index contributed by atoms with van der Waals surface area (Å²) >= 11 is 6.07. The second-order valence-electron chi connectivity index (χ2n) is 6.52. The number of hydrogen-bond donors (Lipinski definition) is 2. The van der Waals surface area contributed by atoms with Crippen molar-refractivity contribution >= 4 is 34.8 Å². The van der Waals surface area contributed by atoms with Gasteiger partial charge in [-0.15, -0.1) is 0 Å². The molecule has 1 aliphatic carbocycles. The average Bonchev–Trinajstić information content (AvgIpc) is 2.64. The van der Waals surface area contributed by atoms with Crippen LogP contribution in [-0.2, 0) is 9.59 Å². The van der Waals surface area contributed by atoms with Crippen LogP contribution in [0.1, 0.15) is 25.7 Å². The van der Waals surface area contributed by atoms with E-state index in [9.17, 15) is 14.0 Å². The molecule has 0 spiro atoms. The zero-order chi connectivity index (χ0) is 18.5. The minimum absolute atomic E-state index is 0.0675. The van der Waals surface area contributed by atoms with E-state index in [-0.39, 0.29) is 29.5 Å². The third kappa shape index (κ3) is 4.61. The molecule has 1 saturated carbocycles. The van der Waals surface area contributed by atoms with Crippen molar-refractivity contribution in [3.63, 3.8) is 0 Å². The van der Waals surface area contributed by atoms with E-state index in [1.54, 1.807) is 30.3 Å². The summed E-state index contributed by atoms with van der Waals surface area (Å²) in [5.41, 5.74) is 1.05. The molecule has 1 aliphatic rings. The zero-order valence-corrected chi connectivity index (χ0v) is 14.9. The molecule has 2 N–H and O–H groups in total. The molecule has 3 rings (SSSR count). The molecular formula is C20H20ClFN2O2. The molecule has 26 heavy (non-hydrogen) atoms. The summed E-state index contributed by atoms with van der Waals surface area (Å²) in [6.07, 6.45) is 2.53. The summed E-state index contributed by atoms with van der Waals surface area (Å²) in [6, 6.07) is 12.9. The molecule has 0 atom stereocenters. The maximum atomic E-state index is 13.2. The Hall–Kier alpha value is -2.40. The number of nitrogens with one attached hydrogen (secondary N) is 2. The lowest BCUT2D eigenvalue weighted by molar-refractivity contribution is -0.125. The van der Waals surface area contributed by atoms with Crippen LogP contribution in [0.2, 0.25) is 5.02 Å². The predicted molar refractivity (Wildman–Crippen MR) is 101 cm³/mol. The lowest BCUT2D eigenvalue weighted by atomic mass is 9.81. The monoisotopic (exact) mass is 374 g/mol. The first kappa shape index (κ1) is 18.4. The Labute approximate surface area is 156 Å². The standard InChI is InChI=1S/C20H20ClFN2O2/c21-17-6-1-2-7-18(17)24-20(26)14-10-8-13(9-11-14)19(25)23-16-5-3-4-15(22)12-16/h1-7,12-14H,8-11H2,(H,23,25)(H,24,26). The molecule has 2 aromatic carbocycles. The predicted octanol–water partition coefficient (Wildman–Crippen LogP) is 4.86. The number of benzene rings is 2. The Bertz CT molecular complexity index is 804. The van der Waals surface area contributed by atoms with Crippen LogP contribution in [0.4, 0.5) is 15.8 Å². The van der Waals surface area contributed by atoms with Crippen molar-refractivity contribution in [3.8, 4) is 0 Å². The molecule has 0 aliphatic heterocycles. The van der Waals surface area contributed by atoms with Crippen LogP contribution in [0.25, 0.3) is 0 Å². The molecule has 0 heterocycles. The Morgan fingerprint density at radius 2 is 1.50 bits per heavy atom. The number of hydrogen-bond acceptors (Lipinski definition) is 2. The van der Waals surface area contributed by atoms with Crippen molar-refractivity contribution in [1.29, 1.82) is 0 Å². The number of rotatable bonds is 4. The van der Waals surface area contributed by atoms with Crippen LogP contribution < -0.4 is 10.6 Å². The Balaban J connectivity index is 1.51. The first-order chi connectivity index (χ1) is 12.5. The van der Waals surface area contributed by atoms with E-state index in [1.165, 1.54) is 12.1 Å². The Morgan fingerprint density at radius 1 is 0.885 bits per heavy atom. The highest BCUT2D eigenvalue weighted by Crippen LogP contribution is 2.31. The molecule has 2 aromatic rings. The van der Waals surface area contributed by atoms with Crippen molar-refractivity contribution < 1.29 is 14.0 Å². The SMILES string of the molecule is O=C(Nc1cccc(F)c1)C1CCC(C(=O)Nc2ccccc2Cl)CC1. The first-order valence-corrected chi connectivity index (χ1v) is 9.02. The summed E-state index contributed by atoms with van der Waals surface area (Å²) < 4.78 is 13.2. The van der Waals surface area contributed by atoms with Crippen LogP contribution in [0, 0.1) is 17.7 Å². The third-order valence-electron chi connectivity index (χ3n) is 4.69. The highest BCUT2D eigenvalue weighted by molar-refractivity contribution is 6.33. The number of anilines is 2. The van der Waals surface area contributed by atoms with Crippen LogP contribution in [0.3, 0.4) is 0 Å². The van der Waals surface area contributed by atoms with E-state index < -0.39 is 0 Å². The summed E-state index contributed by atoms with van der Waals surface area (Å²) in [6.45, 7) is 0. The molecule has 136 valence electrons. The van der Waals surface area contributed by atoms with E-state index in [0.29, 0.717) is 42.1 Å². The van der Waals surface area contributed by atoms with Crippen LogP contribution in [-0.4, -0.2) is 11.8 Å². The van der Waals surface area contributed by atoms with E-state index in [1.807, 2.05) is 6.07 Å². The van der Waals surface area contributed by atoms with Gasteiger partial charge in [-0.2, -0.15) is 0 Å². The van der Waals surface area contributed by atoms with Gasteiger partial charge in [0.25, 0.3) is 0 Å². The molecule has 1 fully saturated rings. The fraction of sp³-hybridized carbons (Fsp3) is 0.300. The quantitative estimate of drug-likeness (QED) is 0.802. The van der Waals surface area contributed by atoms with E-state index in [2.05, 4.69) is 10.6 Å². The maximum absolute atomic E-state index is 13.2. The fourth-order valence-corrected chi connectivity index (χ4v) is 3.41. The summed E-state index contributed by atoms with van der Waals surface area (Å²) in [4.78, 5) is 24.8. The van der Waals surface area contributed by atoms with Gasteiger partial charge < -0.3 is 10.6 Å². The smallest absolute Gasteiger partial charge is 0.227 e. The molecular weight excluding hydrogens is 355 g/mol. The first-order valence-electron chi connectivity index (χ1n) is 8.65. The lowest BCUT2D eigenvalue weighted by Gasteiger charge is -2.27. The highest BCUT2D eigenvalue weighted by atomic mass is 35.5. The normalized spacial score (nSPS) is 19.6. The molecule has 2 amide bonds. The van der Waals surface area contributed by atoms with Crippen LogP contribution >= 0.6 is 11.6 Å². The van der Waals surface area contributed by atoms with Crippen molar-refractivity contribution in [2.75, 3.05) is 10.6 Å². The van der Waals surface area contributed by atoms with Crippen molar-refractivity contribution in [2.24, 2.45) is 11.8 Å². The fourth-order valence-electron chi connectivity index (χ4n) is 3.23. The molecule has 0 radical (unpaired) electrons. The van der Waals surface area contributed by atoms with Crippen LogP contribution in [0.15, 0.2) is 48.5 Å². The average molecular weight is 375 g/mol. The topological polar surface area (TPSA) is 58.2 Å². The van der Waals surface area contributed by atoms with E-state index >= 15 is 0 Å². The second kappa shape index (κ2) is 8.32. The number of carbonyl (C=O) groups excluding carboxylic acids is 2. The van der Waals surface area contributed by atoms with Gasteiger partial charge in [0.2, 0.25) is 11.8 Å². The number of carbonyl (C=O) groups is 2. The summed E-state index contributed by atoms with van der Waals surface area (Å²) in [5.74, 6) is -0.877. The molecule has 0 aromatic heterocycles. The number of amides is 2. The number of halogens is 2. The molecule has 0 unspecified atom stereocenters. The van der Waals surface area contributed by atoms with E-state index in [4.69, 9.17) is 11.6 Å². The van der Waals surface area contributed by atoms with Gasteiger partial charge in [-0.25, -0.2) is 4.39 Å². The second-order valence-corrected chi connectivity index (χ2v) is 6.92. The minimum Gasteiger partial charge on any atom is -0.326 e. The van der Waals surface area contributed by atoms with Gasteiger partial charge in [0, 0.05) is 17.5 Å². The zero-order valence-electron chi connectivity index (χ0n) is 14.2. The Morgan fingerprint density at radius 3 is 2.12 bits per heavy atom. The van der Waals surface area contributed by atoms with Crippen molar-refractivity contribution in [2.45, 2.75) is 25.7 Å². The van der Waals surface area contributed by atoms with Gasteiger partial charge in [-0.1, -0.05) is 29.8 Å². The van der Waals surface area contributed by atoms with Gasteiger partial charge in [-0.3, -0.25) is 9.59 Å². The summed E-state index contributed by atoms with van der Waals surface area (Å²) in [7, 11) is 0. The van der Waals surface area contributed by atoms with Gasteiger partial charge in [0.05, 0.1) is 10.7 Å². The van der Waals surface area contributed by atoms with E-state index in [0.717, 1.165) is 0 Å². The molecule has 6 heteroatoms. The highest BCUT2D eigenvalue weighted by Gasteiger charge is 2.30. The maximum Gasteiger partial charge on any atom is 0.227 e. The third-order valence-corrected chi connectivity index (χ3v) is 5.02. The van der Waals surface area contributed by atoms with Crippen molar-refractivity contribution in [3.05, 3.63) is 59.4 Å². The summed E-state index contributed by atoms with van der Waals surface area (Å²) in [5, 5.41) is 6.11. The van der Waals surface area contributed by atoms with Gasteiger partial charge in [0.15, 0.2) is 0 Å². The Kier molecular flexibility index (Phi) is 5.89. The minimum atomic E-state index is -0.386. The van der Waals surface area contributed by atoms with Gasteiger partial charge in [0.1, 0.15) is 5.82 Å². The number of para-hydroxylation sites is 1. The largest absolute Gasteiger partial charge is 0.326 e.